The van der Waals surface area contributed by atoms with Gasteiger partial charge in [0.2, 0.25) is 5.91 Å². The van der Waals surface area contributed by atoms with Crippen LogP contribution in [0.15, 0.2) is 41.6 Å². The van der Waals surface area contributed by atoms with Crippen molar-refractivity contribution in [3.05, 3.63) is 46.8 Å². The van der Waals surface area contributed by atoms with Gasteiger partial charge in [0.05, 0.1) is 10.8 Å². The Morgan fingerprint density at radius 2 is 2.04 bits per heavy atom. The van der Waals surface area contributed by atoms with Gasteiger partial charge in [-0.2, -0.15) is 13.2 Å². The summed E-state index contributed by atoms with van der Waals surface area (Å²) in [6, 6.07) is 10.0. The summed E-state index contributed by atoms with van der Waals surface area (Å²) in [5.41, 5.74) is 2.01. The zero-order chi connectivity index (χ0) is 19.6. The standard InChI is InChI=1S/C17H15F3N4OS2/c1-10-4-3-5-11(8-10)15-22-23-16(24(15)2)26-9-13(25)21-14-7-6-12(27-14)17(18,19)20/h3-8H,9H2,1-2H3,(H,21,25). The van der Waals surface area contributed by atoms with Crippen LogP contribution in [0.4, 0.5) is 18.2 Å². The van der Waals surface area contributed by atoms with Crippen molar-refractivity contribution >= 4 is 34.0 Å². The first kappa shape index (κ1) is 19.4. The third-order valence-electron chi connectivity index (χ3n) is 3.59. The average Bonchev–Trinajstić information content (AvgIpc) is 3.20. The van der Waals surface area contributed by atoms with Crippen LogP contribution in [-0.2, 0) is 18.0 Å². The molecule has 0 saturated heterocycles. The number of thiophene rings is 1. The van der Waals surface area contributed by atoms with Crippen molar-refractivity contribution in [2.75, 3.05) is 11.1 Å². The van der Waals surface area contributed by atoms with Crippen LogP contribution in [0.5, 0.6) is 0 Å². The van der Waals surface area contributed by atoms with E-state index in [0.29, 0.717) is 22.3 Å². The lowest BCUT2D eigenvalue weighted by molar-refractivity contribution is -0.134. The summed E-state index contributed by atoms with van der Waals surface area (Å²) >= 11 is 1.66. The van der Waals surface area contributed by atoms with E-state index in [1.807, 2.05) is 31.2 Å². The third-order valence-corrected chi connectivity index (χ3v) is 5.66. The van der Waals surface area contributed by atoms with E-state index in [1.54, 1.807) is 11.6 Å². The van der Waals surface area contributed by atoms with E-state index in [1.165, 1.54) is 17.8 Å². The third kappa shape index (κ3) is 4.69. The number of nitrogens with zero attached hydrogens (tertiary/aromatic N) is 3. The highest BCUT2D eigenvalue weighted by atomic mass is 32.2. The number of thioether (sulfide) groups is 1. The van der Waals surface area contributed by atoms with Crippen molar-refractivity contribution in [1.82, 2.24) is 14.8 Å². The van der Waals surface area contributed by atoms with Gasteiger partial charge in [-0.15, -0.1) is 21.5 Å². The molecule has 0 aliphatic rings. The Morgan fingerprint density at radius 1 is 1.26 bits per heavy atom. The highest BCUT2D eigenvalue weighted by Gasteiger charge is 2.32. The second-order valence-electron chi connectivity index (χ2n) is 5.73. The molecule has 0 spiro atoms. The molecule has 5 nitrogen and oxygen atoms in total. The number of alkyl halides is 3. The summed E-state index contributed by atoms with van der Waals surface area (Å²) in [7, 11) is 1.80. The van der Waals surface area contributed by atoms with Gasteiger partial charge in [-0.25, -0.2) is 0 Å². The number of aromatic nitrogens is 3. The van der Waals surface area contributed by atoms with Crippen molar-refractivity contribution in [2.24, 2.45) is 7.05 Å². The molecule has 0 bridgehead atoms. The number of rotatable bonds is 5. The molecule has 0 aliphatic carbocycles. The predicted octanol–water partition coefficient (Wildman–Crippen LogP) is 4.60. The molecule has 0 fully saturated rings. The maximum atomic E-state index is 12.6. The van der Waals surface area contributed by atoms with Crippen molar-refractivity contribution < 1.29 is 18.0 Å². The fourth-order valence-corrected chi connectivity index (χ4v) is 3.84. The van der Waals surface area contributed by atoms with E-state index >= 15 is 0 Å². The molecule has 10 heteroatoms. The first-order chi connectivity index (χ1) is 12.7. The number of anilines is 1. The molecule has 2 aromatic heterocycles. The summed E-state index contributed by atoms with van der Waals surface area (Å²) in [5.74, 6) is 0.282. The van der Waals surface area contributed by atoms with E-state index in [4.69, 9.17) is 0 Å². The van der Waals surface area contributed by atoms with Crippen LogP contribution in [0.25, 0.3) is 11.4 Å². The van der Waals surface area contributed by atoms with E-state index < -0.39 is 17.0 Å². The van der Waals surface area contributed by atoms with E-state index in [0.717, 1.165) is 17.2 Å². The first-order valence-electron chi connectivity index (χ1n) is 7.80. The summed E-state index contributed by atoms with van der Waals surface area (Å²) in [6.45, 7) is 1.98. The molecule has 0 saturated carbocycles. The van der Waals surface area contributed by atoms with E-state index in [9.17, 15) is 18.0 Å². The molecular weight excluding hydrogens is 397 g/mol. The highest BCUT2D eigenvalue weighted by molar-refractivity contribution is 7.99. The Kier molecular flexibility index (Phi) is 5.56. The molecule has 0 atom stereocenters. The SMILES string of the molecule is Cc1cccc(-c2nnc(SCC(=O)Nc3ccc(C(F)(F)F)s3)n2C)c1. The molecule has 142 valence electrons. The fraction of sp³-hybridized carbons (Fsp3) is 0.235. The van der Waals surface area contributed by atoms with Crippen molar-refractivity contribution in [2.45, 2.75) is 18.3 Å². The number of hydrogen-bond donors (Lipinski definition) is 1. The summed E-state index contributed by atoms with van der Waals surface area (Å²) in [6.07, 6.45) is -4.41. The van der Waals surface area contributed by atoms with Crippen LogP contribution in [-0.4, -0.2) is 26.4 Å². The predicted molar refractivity (Wildman–Crippen MR) is 99.9 cm³/mol. The summed E-state index contributed by atoms with van der Waals surface area (Å²) in [4.78, 5) is 11.3. The number of amides is 1. The van der Waals surface area contributed by atoms with Crippen LogP contribution in [0.2, 0.25) is 0 Å². The van der Waals surface area contributed by atoms with Gasteiger partial charge in [0.1, 0.15) is 4.88 Å². The minimum atomic E-state index is -4.41. The van der Waals surface area contributed by atoms with Crippen molar-refractivity contribution in [3.8, 4) is 11.4 Å². The van der Waals surface area contributed by atoms with Crippen LogP contribution in [0.1, 0.15) is 10.4 Å². The number of halogens is 3. The van der Waals surface area contributed by atoms with Crippen molar-refractivity contribution in [3.63, 3.8) is 0 Å². The largest absolute Gasteiger partial charge is 0.425 e. The van der Waals surface area contributed by atoms with Crippen LogP contribution >= 0.6 is 23.1 Å². The second kappa shape index (κ2) is 7.73. The van der Waals surface area contributed by atoms with Gasteiger partial charge in [0.15, 0.2) is 11.0 Å². The molecule has 2 heterocycles. The maximum absolute atomic E-state index is 12.6. The molecule has 1 aromatic carbocycles. The zero-order valence-corrected chi connectivity index (χ0v) is 16.0. The topological polar surface area (TPSA) is 59.8 Å². The Hall–Kier alpha value is -2.33. The normalized spacial score (nSPS) is 11.6. The fourth-order valence-electron chi connectivity index (χ4n) is 2.34. The highest BCUT2D eigenvalue weighted by Crippen LogP contribution is 2.36. The zero-order valence-electron chi connectivity index (χ0n) is 14.4. The molecular formula is C17H15F3N4OS2. The summed E-state index contributed by atoms with van der Waals surface area (Å²) in [5, 5.41) is 11.4. The van der Waals surface area contributed by atoms with Gasteiger partial charge in [-0.3, -0.25) is 4.79 Å². The molecule has 1 N–H and O–H groups in total. The number of carbonyl (C=O) groups is 1. The summed E-state index contributed by atoms with van der Waals surface area (Å²) < 4.78 is 39.6. The molecule has 0 radical (unpaired) electrons. The monoisotopic (exact) mass is 412 g/mol. The molecule has 3 rings (SSSR count). The van der Waals surface area contributed by atoms with Gasteiger partial charge in [-0.1, -0.05) is 35.5 Å². The average molecular weight is 412 g/mol. The first-order valence-corrected chi connectivity index (χ1v) is 9.60. The maximum Gasteiger partial charge on any atom is 0.425 e. The lowest BCUT2D eigenvalue weighted by Crippen LogP contribution is -2.13. The molecule has 1 amide bonds. The van der Waals surface area contributed by atoms with E-state index in [-0.39, 0.29) is 10.8 Å². The lowest BCUT2D eigenvalue weighted by atomic mass is 10.1. The molecule has 0 unspecified atom stereocenters. The Morgan fingerprint density at radius 3 is 2.70 bits per heavy atom. The Labute approximate surface area is 161 Å². The number of hydrogen-bond acceptors (Lipinski definition) is 5. The van der Waals surface area contributed by atoms with Gasteiger partial charge in [0.25, 0.3) is 0 Å². The quantitative estimate of drug-likeness (QED) is 0.622. The lowest BCUT2D eigenvalue weighted by Gasteiger charge is -2.05. The van der Waals surface area contributed by atoms with Crippen molar-refractivity contribution in [1.29, 1.82) is 0 Å². The number of nitrogens with one attached hydrogen (secondary N) is 1. The van der Waals surface area contributed by atoms with Crippen LogP contribution in [0, 0.1) is 6.92 Å². The minimum Gasteiger partial charge on any atom is -0.317 e. The van der Waals surface area contributed by atoms with E-state index in [2.05, 4.69) is 15.5 Å². The van der Waals surface area contributed by atoms with Gasteiger partial charge >= 0.3 is 6.18 Å². The number of benzene rings is 1. The van der Waals surface area contributed by atoms with Gasteiger partial charge < -0.3 is 9.88 Å². The second-order valence-corrected chi connectivity index (χ2v) is 7.76. The van der Waals surface area contributed by atoms with Crippen LogP contribution < -0.4 is 5.32 Å². The number of aryl methyl sites for hydroxylation is 1. The molecule has 0 aliphatic heterocycles. The Bertz CT molecular complexity index is 965. The smallest absolute Gasteiger partial charge is 0.317 e. The van der Waals surface area contributed by atoms with Gasteiger partial charge in [0, 0.05) is 12.6 Å². The Balaban J connectivity index is 1.62. The molecule has 3 aromatic rings. The van der Waals surface area contributed by atoms with Gasteiger partial charge in [-0.05, 0) is 25.1 Å². The minimum absolute atomic E-state index is 0.0129. The number of carbonyl (C=O) groups excluding carboxylic acids is 1. The van der Waals surface area contributed by atoms with Crippen LogP contribution in [0.3, 0.4) is 0 Å². The molecule has 27 heavy (non-hydrogen) atoms.